The van der Waals surface area contributed by atoms with Crippen LogP contribution in [0.1, 0.15) is 43.9 Å². The molecular formula is C29H32N2O6S. The third-order valence-electron chi connectivity index (χ3n) is 6.48. The van der Waals surface area contributed by atoms with Gasteiger partial charge in [0.2, 0.25) is 5.91 Å². The number of carbonyl (C=O) groups is 2. The standard InChI is InChI=1S/C29H32N2O6S/c1-29(2,3)22-10-14-24(15-11-22)38(35,36)31-25-7-5-4-6-21(25)18-26(31)28(34)30-19-20-8-12-23(13-9-20)37-17-16-27(32)33/h4-15,26H,16-19H2,1-3H3,(H,30,34)(H,32,33)/t26-/m0/s1. The number of nitrogens with zero attached hydrogens (tertiary/aromatic N) is 1. The normalized spacial score (nSPS) is 15.1. The first-order valence-electron chi connectivity index (χ1n) is 12.4. The SMILES string of the molecule is CC(C)(C)c1ccc(S(=O)(=O)N2c3ccccc3C[C@H]2C(=O)NCc2ccc(OCCC(=O)O)cc2)cc1. The van der Waals surface area contributed by atoms with Gasteiger partial charge in [0, 0.05) is 13.0 Å². The van der Waals surface area contributed by atoms with Crippen molar-refractivity contribution in [2.75, 3.05) is 10.9 Å². The minimum absolute atomic E-state index is 0.0664. The van der Waals surface area contributed by atoms with Gasteiger partial charge in [0.25, 0.3) is 10.0 Å². The van der Waals surface area contributed by atoms with E-state index in [9.17, 15) is 18.0 Å². The first-order chi connectivity index (χ1) is 18.0. The largest absolute Gasteiger partial charge is 0.493 e. The van der Waals surface area contributed by atoms with Crippen molar-refractivity contribution in [3.8, 4) is 5.75 Å². The van der Waals surface area contributed by atoms with Crippen molar-refractivity contribution >= 4 is 27.6 Å². The lowest BCUT2D eigenvalue weighted by Crippen LogP contribution is -2.47. The fourth-order valence-electron chi connectivity index (χ4n) is 4.36. The first kappa shape index (κ1) is 27.2. The minimum atomic E-state index is -4.00. The number of hydrogen-bond donors (Lipinski definition) is 2. The Morgan fingerprint density at radius 3 is 2.29 bits per heavy atom. The molecule has 0 radical (unpaired) electrons. The molecule has 1 aliphatic heterocycles. The molecule has 0 aliphatic carbocycles. The minimum Gasteiger partial charge on any atom is -0.493 e. The molecule has 0 saturated carbocycles. The lowest BCUT2D eigenvalue weighted by Gasteiger charge is -2.27. The van der Waals surface area contributed by atoms with Crippen molar-refractivity contribution < 1.29 is 27.9 Å². The number of ether oxygens (including phenoxy) is 1. The number of hydrogen-bond acceptors (Lipinski definition) is 5. The van der Waals surface area contributed by atoms with E-state index in [4.69, 9.17) is 9.84 Å². The van der Waals surface area contributed by atoms with Gasteiger partial charge in [-0.05, 0) is 52.4 Å². The van der Waals surface area contributed by atoms with Gasteiger partial charge in [0.15, 0.2) is 0 Å². The van der Waals surface area contributed by atoms with Crippen LogP contribution in [0.3, 0.4) is 0 Å². The Morgan fingerprint density at radius 2 is 1.66 bits per heavy atom. The molecule has 0 aromatic heterocycles. The second kappa shape index (κ2) is 10.9. The summed E-state index contributed by atoms with van der Waals surface area (Å²) in [5.41, 5.74) is 3.01. The number of nitrogens with one attached hydrogen (secondary N) is 1. The molecule has 0 saturated heterocycles. The van der Waals surface area contributed by atoms with Crippen LogP contribution in [-0.4, -0.2) is 38.0 Å². The summed E-state index contributed by atoms with van der Waals surface area (Å²) in [5.74, 6) is -0.795. The fraction of sp³-hybridized carbons (Fsp3) is 0.310. The van der Waals surface area contributed by atoms with Gasteiger partial charge in [-0.15, -0.1) is 0 Å². The molecule has 38 heavy (non-hydrogen) atoms. The van der Waals surface area contributed by atoms with Gasteiger partial charge >= 0.3 is 5.97 Å². The van der Waals surface area contributed by atoms with Crippen LogP contribution in [-0.2, 0) is 38.0 Å². The van der Waals surface area contributed by atoms with Gasteiger partial charge in [-0.25, -0.2) is 8.42 Å². The summed E-state index contributed by atoms with van der Waals surface area (Å²) in [4.78, 5) is 24.1. The molecule has 8 nitrogen and oxygen atoms in total. The maximum Gasteiger partial charge on any atom is 0.306 e. The second-order valence-corrected chi connectivity index (χ2v) is 12.1. The van der Waals surface area contributed by atoms with Gasteiger partial charge in [-0.3, -0.25) is 13.9 Å². The number of sulfonamides is 1. The highest BCUT2D eigenvalue weighted by Crippen LogP contribution is 2.37. The molecule has 9 heteroatoms. The van der Waals surface area contributed by atoms with E-state index >= 15 is 0 Å². The van der Waals surface area contributed by atoms with Crippen LogP contribution in [0.4, 0.5) is 5.69 Å². The third kappa shape index (κ3) is 5.99. The highest BCUT2D eigenvalue weighted by Gasteiger charge is 2.42. The maximum atomic E-state index is 13.8. The number of benzene rings is 3. The quantitative estimate of drug-likeness (QED) is 0.422. The molecule has 0 unspecified atom stereocenters. The zero-order valence-corrected chi connectivity index (χ0v) is 22.5. The average molecular weight is 537 g/mol. The van der Waals surface area contributed by atoms with Crippen molar-refractivity contribution in [3.05, 3.63) is 89.5 Å². The Balaban J connectivity index is 1.50. The summed E-state index contributed by atoms with van der Waals surface area (Å²) >= 11 is 0. The Bertz CT molecular complexity index is 1410. The Kier molecular flexibility index (Phi) is 7.78. The predicted octanol–water partition coefficient (Wildman–Crippen LogP) is 4.27. The van der Waals surface area contributed by atoms with Crippen LogP contribution in [0.5, 0.6) is 5.75 Å². The summed E-state index contributed by atoms with van der Waals surface area (Å²) in [6, 6.07) is 20.0. The van der Waals surface area contributed by atoms with Crippen LogP contribution in [0.2, 0.25) is 0 Å². The molecule has 0 bridgehead atoms. The lowest BCUT2D eigenvalue weighted by molar-refractivity contribution is -0.137. The zero-order chi connectivity index (χ0) is 27.5. The number of anilines is 1. The van der Waals surface area contributed by atoms with E-state index in [0.29, 0.717) is 11.4 Å². The number of aliphatic carboxylic acids is 1. The predicted molar refractivity (Wildman–Crippen MR) is 145 cm³/mol. The molecule has 3 aromatic rings. The number of fused-ring (bicyclic) bond motifs is 1. The highest BCUT2D eigenvalue weighted by atomic mass is 32.2. The first-order valence-corrected chi connectivity index (χ1v) is 13.8. The Morgan fingerprint density at radius 1 is 1.00 bits per heavy atom. The Hall–Kier alpha value is -3.85. The third-order valence-corrected chi connectivity index (χ3v) is 8.32. The zero-order valence-electron chi connectivity index (χ0n) is 21.7. The van der Waals surface area contributed by atoms with Crippen LogP contribution < -0.4 is 14.4 Å². The van der Waals surface area contributed by atoms with E-state index in [1.54, 1.807) is 48.5 Å². The summed E-state index contributed by atoms with van der Waals surface area (Å²) < 4.78 is 34.2. The van der Waals surface area contributed by atoms with Crippen LogP contribution in [0, 0.1) is 0 Å². The molecule has 3 aromatic carbocycles. The number of carboxylic acids is 1. The number of para-hydroxylation sites is 1. The second-order valence-electron chi connectivity index (χ2n) is 10.3. The number of carbonyl (C=O) groups excluding carboxylic acids is 1. The fourth-order valence-corrected chi connectivity index (χ4v) is 6.01. The van der Waals surface area contributed by atoms with Crippen LogP contribution in [0.15, 0.2) is 77.7 Å². The monoisotopic (exact) mass is 536 g/mol. The topological polar surface area (TPSA) is 113 Å². The van der Waals surface area contributed by atoms with Crippen LogP contribution >= 0.6 is 0 Å². The number of carboxylic acid groups (broad SMARTS) is 1. The molecule has 2 N–H and O–H groups in total. The molecular weight excluding hydrogens is 504 g/mol. The molecule has 200 valence electrons. The van der Waals surface area contributed by atoms with Gasteiger partial charge in [-0.2, -0.15) is 0 Å². The van der Waals surface area contributed by atoms with E-state index in [0.717, 1.165) is 16.7 Å². The molecule has 1 amide bonds. The molecule has 0 fully saturated rings. The molecule has 1 heterocycles. The van der Waals surface area contributed by atoms with Crippen LogP contribution in [0.25, 0.3) is 0 Å². The average Bonchev–Trinajstić information content (AvgIpc) is 3.28. The lowest BCUT2D eigenvalue weighted by atomic mass is 9.87. The van der Waals surface area contributed by atoms with Gasteiger partial charge in [-0.1, -0.05) is 63.2 Å². The van der Waals surface area contributed by atoms with Crippen molar-refractivity contribution in [1.82, 2.24) is 5.32 Å². The van der Waals surface area contributed by atoms with Crippen molar-refractivity contribution in [2.45, 2.75) is 56.5 Å². The van der Waals surface area contributed by atoms with Gasteiger partial charge in [0.05, 0.1) is 23.6 Å². The summed E-state index contributed by atoms with van der Waals surface area (Å²) in [5, 5.41) is 11.6. The van der Waals surface area contributed by atoms with Crippen molar-refractivity contribution in [2.24, 2.45) is 0 Å². The Labute approximate surface area is 223 Å². The van der Waals surface area contributed by atoms with E-state index in [1.807, 2.05) is 24.3 Å². The molecule has 1 atom stereocenters. The summed E-state index contributed by atoms with van der Waals surface area (Å²) in [6.07, 6.45) is 0.180. The maximum absolute atomic E-state index is 13.8. The van der Waals surface area contributed by atoms with E-state index in [2.05, 4.69) is 26.1 Å². The smallest absolute Gasteiger partial charge is 0.306 e. The molecule has 4 rings (SSSR count). The van der Waals surface area contributed by atoms with E-state index in [1.165, 1.54) is 4.31 Å². The molecule has 0 spiro atoms. The van der Waals surface area contributed by atoms with Crippen molar-refractivity contribution in [3.63, 3.8) is 0 Å². The number of amides is 1. The summed E-state index contributed by atoms with van der Waals surface area (Å²) in [7, 11) is -4.00. The van der Waals surface area contributed by atoms with E-state index in [-0.39, 0.29) is 36.3 Å². The van der Waals surface area contributed by atoms with Gasteiger partial charge < -0.3 is 15.2 Å². The van der Waals surface area contributed by atoms with E-state index < -0.39 is 27.9 Å². The van der Waals surface area contributed by atoms with Crippen molar-refractivity contribution in [1.29, 1.82) is 0 Å². The summed E-state index contributed by atoms with van der Waals surface area (Å²) in [6.45, 7) is 6.46. The highest BCUT2D eigenvalue weighted by molar-refractivity contribution is 7.93. The van der Waals surface area contributed by atoms with Gasteiger partial charge in [0.1, 0.15) is 11.8 Å². The number of rotatable bonds is 9. The molecule has 1 aliphatic rings.